The smallest absolute Gasteiger partial charge is 0.0913 e. The number of aliphatic hydroxyl groups excluding tert-OH is 1. The Balaban J connectivity index is 3.23. The topological polar surface area (TPSA) is 49.5 Å². The Morgan fingerprint density at radius 2 is 1.93 bits per heavy atom. The molecule has 0 spiro atoms. The van der Waals surface area contributed by atoms with Crippen LogP contribution in [-0.4, -0.2) is 25.7 Å². The second-order valence-corrected chi connectivity index (χ2v) is 4.13. The third-order valence-electron chi connectivity index (χ3n) is 2.75. The van der Waals surface area contributed by atoms with E-state index in [9.17, 15) is 5.11 Å². The van der Waals surface area contributed by atoms with Gasteiger partial charge in [0.25, 0.3) is 0 Å². The van der Waals surface area contributed by atoms with Gasteiger partial charge < -0.3 is 15.7 Å². The number of rotatable bonds is 3. The van der Waals surface area contributed by atoms with E-state index in [4.69, 9.17) is 5.73 Å². The Bertz CT molecular complexity index is 348. The Morgan fingerprint density at radius 3 is 2.40 bits per heavy atom. The fraction of sp³-hybridized carbons (Fsp3) is 0.500. The summed E-state index contributed by atoms with van der Waals surface area (Å²) in [6.45, 7) is 4.40. The van der Waals surface area contributed by atoms with Crippen molar-refractivity contribution in [2.24, 2.45) is 5.73 Å². The van der Waals surface area contributed by atoms with Gasteiger partial charge in [-0.1, -0.05) is 6.07 Å². The van der Waals surface area contributed by atoms with E-state index in [1.54, 1.807) is 0 Å². The predicted molar refractivity (Wildman–Crippen MR) is 64.3 cm³/mol. The molecule has 15 heavy (non-hydrogen) atoms. The van der Waals surface area contributed by atoms with Crippen molar-refractivity contribution in [2.45, 2.75) is 20.0 Å². The van der Waals surface area contributed by atoms with Crippen molar-refractivity contribution >= 4 is 5.69 Å². The molecule has 0 aliphatic carbocycles. The lowest BCUT2D eigenvalue weighted by Gasteiger charge is -2.20. The van der Waals surface area contributed by atoms with Gasteiger partial charge in [-0.2, -0.15) is 0 Å². The van der Waals surface area contributed by atoms with Gasteiger partial charge in [0.2, 0.25) is 0 Å². The molecule has 1 aromatic carbocycles. The number of hydrogen-bond donors (Lipinski definition) is 2. The van der Waals surface area contributed by atoms with Crippen molar-refractivity contribution in [2.75, 3.05) is 25.5 Å². The molecule has 3 heteroatoms. The highest BCUT2D eigenvalue weighted by atomic mass is 16.3. The monoisotopic (exact) mass is 208 g/mol. The number of nitrogens with two attached hydrogens (primary N) is 1. The highest BCUT2D eigenvalue weighted by Crippen LogP contribution is 2.26. The summed E-state index contributed by atoms with van der Waals surface area (Å²) >= 11 is 0. The first kappa shape index (κ1) is 12.0. The molecule has 1 unspecified atom stereocenters. The third kappa shape index (κ3) is 2.49. The van der Waals surface area contributed by atoms with Gasteiger partial charge in [-0.05, 0) is 36.6 Å². The summed E-state index contributed by atoms with van der Waals surface area (Å²) in [5.74, 6) is 0. The summed E-state index contributed by atoms with van der Waals surface area (Å²) in [4.78, 5) is 2.05. The molecule has 3 N–H and O–H groups in total. The maximum Gasteiger partial charge on any atom is 0.0913 e. The van der Waals surface area contributed by atoms with E-state index in [0.717, 1.165) is 11.3 Å². The molecule has 0 heterocycles. The number of aryl methyl sites for hydroxylation is 1. The van der Waals surface area contributed by atoms with Crippen LogP contribution in [0, 0.1) is 13.8 Å². The van der Waals surface area contributed by atoms with Crippen molar-refractivity contribution in [1.29, 1.82) is 0 Å². The van der Waals surface area contributed by atoms with Crippen LogP contribution in [0.15, 0.2) is 12.1 Å². The molecule has 3 nitrogen and oxygen atoms in total. The summed E-state index contributed by atoms with van der Waals surface area (Å²) in [7, 11) is 4.00. The van der Waals surface area contributed by atoms with Crippen molar-refractivity contribution in [3.05, 3.63) is 28.8 Å². The lowest BCUT2D eigenvalue weighted by molar-refractivity contribution is 0.186. The van der Waals surface area contributed by atoms with Crippen molar-refractivity contribution < 1.29 is 5.11 Å². The first-order valence-corrected chi connectivity index (χ1v) is 5.14. The maximum atomic E-state index is 9.71. The fourth-order valence-electron chi connectivity index (χ4n) is 1.66. The lowest BCUT2D eigenvalue weighted by atomic mass is 10.00. The number of nitrogens with zero attached hydrogens (tertiary/aromatic N) is 1. The minimum absolute atomic E-state index is 0.259. The molecule has 0 saturated carbocycles. The van der Waals surface area contributed by atoms with Crippen molar-refractivity contribution in [3.8, 4) is 0 Å². The van der Waals surface area contributed by atoms with Crippen LogP contribution in [0.1, 0.15) is 22.8 Å². The molecular formula is C12H20N2O. The van der Waals surface area contributed by atoms with Crippen molar-refractivity contribution in [1.82, 2.24) is 0 Å². The average Bonchev–Trinajstić information content (AvgIpc) is 2.20. The number of aliphatic hydroxyl groups is 1. The molecule has 1 atom stereocenters. The second kappa shape index (κ2) is 4.64. The Hall–Kier alpha value is -1.06. The van der Waals surface area contributed by atoms with E-state index in [0.29, 0.717) is 0 Å². The molecule has 0 saturated heterocycles. The van der Waals surface area contributed by atoms with Gasteiger partial charge in [-0.15, -0.1) is 0 Å². The van der Waals surface area contributed by atoms with E-state index >= 15 is 0 Å². The van der Waals surface area contributed by atoms with Gasteiger partial charge in [0.1, 0.15) is 0 Å². The largest absolute Gasteiger partial charge is 0.387 e. The van der Waals surface area contributed by atoms with E-state index in [2.05, 4.69) is 18.7 Å². The zero-order chi connectivity index (χ0) is 11.6. The fourth-order valence-corrected chi connectivity index (χ4v) is 1.66. The molecule has 0 radical (unpaired) electrons. The SMILES string of the molecule is Cc1cc(C(O)CN)cc(N(C)C)c1C. The zero-order valence-corrected chi connectivity index (χ0v) is 9.91. The Labute approximate surface area is 91.5 Å². The maximum absolute atomic E-state index is 9.71. The van der Waals surface area contributed by atoms with Crippen LogP contribution in [0.4, 0.5) is 5.69 Å². The van der Waals surface area contributed by atoms with Crippen LogP contribution in [0.5, 0.6) is 0 Å². The van der Waals surface area contributed by atoms with Crippen LogP contribution in [0.25, 0.3) is 0 Å². The summed E-state index contributed by atoms with van der Waals surface area (Å²) in [6, 6.07) is 4.00. The molecule has 0 aromatic heterocycles. The molecule has 0 fully saturated rings. The van der Waals surface area contributed by atoms with Gasteiger partial charge in [-0.3, -0.25) is 0 Å². The number of benzene rings is 1. The Morgan fingerprint density at radius 1 is 1.33 bits per heavy atom. The summed E-state index contributed by atoms with van der Waals surface area (Å²) in [6.07, 6.45) is -0.567. The summed E-state index contributed by atoms with van der Waals surface area (Å²) < 4.78 is 0. The predicted octanol–water partition coefficient (Wildman–Crippen LogP) is 1.36. The van der Waals surface area contributed by atoms with Crippen LogP contribution in [0.3, 0.4) is 0 Å². The Kier molecular flexibility index (Phi) is 3.72. The zero-order valence-electron chi connectivity index (χ0n) is 9.91. The van der Waals surface area contributed by atoms with Gasteiger partial charge >= 0.3 is 0 Å². The molecule has 0 aliphatic heterocycles. The molecule has 0 amide bonds. The molecule has 0 aliphatic rings. The molecule has 0 bridgehead atoms. The second-order valence-electron chi connectivity index (χ2n) is 4.13. The normalized spacial score (nSPS) is 12.7. The molecule has 1 rings (SSSR count). The number of hydrogen-bond acceptors (Lipinski definition) is 3. The standard InChI is InChI=1S/C12H20N2O/c1-8-5-10(12(15)7-13)6-11(9(8)2)14(3)4/h5-6,12,15H,7,13H2,1-4H3. The van der Waals surface area contributed by atoms with E-state index in [1.165, 1.54) is 11.1 Å². The third-order valence-corrected chi connectivity index (χ3v) is 2.75. The van der Waals surface area contributed by atoms with E-state index in [1.807, 2.05) is 26.2 Å². The van der Waals surface area contributed by atoms with Gasteiger partial charge in [0, 0.05) is 26.3 Å². The first-order valence-electron chi connectivity index (χ1n) is 5.14. The number of anilines is 1. The average molecular weight is 208 g/mol. The highest BCUT2D eigenvalue weighted by molar-refractivity contribution is 5.57. The van der Waals surface area contributed by atoms with Gasteiger partial charge in [0.05, 0.1) is 6.10 Å². The van der Waals surface area contributed by atoms with E-state index in [-0.39, 0.29) is 6.54 Å². The summed E-state index contributed by atoms with van der Waals surface area (Å²) in [5.41, 5.74) is 9.91. The van der Waals surface area contributed by atoms with Crippen LogP contribution >= 0.6 is 0 Å². The lowest BCUT2D eigenvalue weighted by Crippen LogP contribution is -2.15. The van der Waals surface area contributed by atoms with Crippen LogP contribution in [-0.2, 0) is 0 Å². The minimum atomic E-state index is -0.567. The van der Waals surface area contributed by atoms with Crippen LogP contribution < -0.4 is 10.6 Å². The van der Waals surface area contributed by atoms with Gasteiger partial charge in [-0.25, -0.2) is 0 Å². The highest BCUT2D eigenvalue weighted by Gasteiger charge is 2.10. The molecule has 84 valence electrons. The minimum Gasteiger partial charge on any atom is -0.387 e. The quantitative estimate of drug-likeness (QED) is 0.788. The van der Waals surface area contributed by atoms with Crippen molar-refractivity contribution in [3.63, 3.8) is 0 Å². The molecular weight excluding hydrogens is 188 g/mol. The van der Waals surface area contributed by atoms with E-state index < -0.39 is 6.10 Å². The molecule has 1 aromatic rings. The van der Waals surface area contributed by atoms with Crippen LogP contribution in [0.2, 0.25) is 0 Å². The first-order chi connectivity index (χ1) is 6.97. The summed E-state index contributed by atoms with van der Waals surface area (Å²) in [5, 5.41) is 9.71. The van der Waals surface area contributed by atoms with Gasteiger partial charge in [0.15, 0.2) is 0 Å².